The number of unbranched alkanes of at least 4 members (excludes halogenated alkanes) is 1. The number of aromatic carboxylic acids is 1. The molecule has 1 aromatic heterocycles. The van der Waals surface area contributed by atoms with Crippen LogP contribution in [0.3, 0.4) is 0 Å². The summed E-state index contributed by atoms with van der Waals surface area (Å²) in [7, 11) is 0. The number of carboxylic acids is 1. The van der Waals surface area contributed by atoms with E-state index in [-0.39, 0.29) is 16.5 Å². The number of rotatable bonds is 7. The Balaban J connectivity index is 1.62. The molecular formula is C25H20ClN2O4S-. The fourth-order valence-electron chi connectivity index (χ4n) is 3.27. The van der Waals surface area contributed by atoms with Crippen molar-refractivity contribution in [2.24, 2.45) is 4.99 Å². The summed E-state index contributed by atoms with van der Waals surface area (Å²) in [6.45, 7) is 2.66. The first-order valence-electron chi connectivity index (χ1n) is 10.4. The van der Waals surface area contributed by atoms with Crippen LogP contribution in [0.5, 0.6) is 0 Å². The van der Waals surface area contributed by atoms with Crippen LogP contribution in [0.4, 0.5) is 5.69 Å². The van der Waals surface area contributed by atoms with E-state index in [1.165, 1.54) is 23.9 Å². The van der Waals surface area contributed by atoms with Crippen LogP contribution in [0.25, 0.3) is 17.4 Å². The second kappa shape index (κ2) is 10.1. The molecule has 168 valence electrons. The maximum Gasteiger partial charge on any atom is 0.266 e. The summed E-state index contributed by atoms with van der Waals surface area (Å²) < 4.78 is 5.87. The van der Waals surface area contributed by atoms with Gasteiger partial charge in [0, 0.05) is 28.8 Å². The number of hydrogen-bond donors (Lipinski definition) is 0. The highest BCUT2D eigenvalue weighted by atomic mass is 35.5. The number of furan rings is 1. The molecule has 1 aliphatic rings. The Labute approximate surface area is 200 Å². The van der Waals surface area contributed by atoms with Gasteiger partial charge in [0.2, 0.25) is 0 Å². The molecule has 0 radical (unpaired) electrons. The van der Waals surface area contributed by atoms with E-state index in [9.17, 15) is 14.7 Å². The van der Waals surface area contributed by atoms with Gasteiger partial charge in [-0.3, -0.25) is 9.69 Å². The molecule has 0 spiro atoms. The van der Waals surface area contributed by atoms with Crippen molar-refractivity contribution in [3.63, 3.8) is 0 Å². The first-order chi connectivity index (χ1) is 16.0. The summed E-state index contributed by atoms with van der Waals surface area (Å²) in [6, 6.07) is 17.5. The summed E-state index contributed by atoms with van der Waals surface area (Å²) in [6.07, 6.45) is 3.51. The monoisotopic (exact) mass is 479 g/mol. The Morgan fingerprint density at radius 3 is 2.70 bits per heavy atom. The van der Waals surface area contributed by atoms with E-state index in [0.29, 0.717) is 33.7 Å². The fourth-order valence-corrected chi connectivity index (χ4v) is 4.47. The first-order valence-corrected chi connectivity index (χ1v) is 11.6. The number of carbonyl (C=O) groups is 2. The van der Waals surface area contributed by atoms with Crippen molar-refractivity contribution in [2.45, 2.75) is 19.8 Å². The van der Waals surface area contributed by atoms with E-state index in [1.54, 1.807) is 29.2 Å². The molecule has 3 aromatic rings. The lowest BCUT2D eigenvalue weighted by molar-refractivity contribution is -0.255. The molecule has 2 aromatic carbocycles. The Morgan fingerprint density at radius 2 is 1.97 bits per heavy atom. The molecular weight excluding hydrogens is 460 g/mol. The molecule has 0 saturated carbocycles. The smallest absolute Gasteiger partial charge is 0.266 e. The van der Waals surface area contributed by atoms with Crippen LogP contribution in [-0.2, 0) is 4.79 Å². The van der Waals surface area contributed by atoms with Crippen molar-refractivity contribution >= 4 is 52.2 Å². The van der Waals surface area contributed by atoms with Crippen LogP contribution < -0.4 is 5.11 Å². The molecule has 1 aliphatic heterocycles. The van der Waals surface area contributed by atoms with Crippen molar-refractivity contribution in [2.75, 3.05) is 6.54 Å². The van der Waals surface area contributed by atoms with Crippen molar-refractivity contribution in [1.82, 2.24) is 4.90 Å². The highest BCUT2D eigenvalue weighted by Gasteiger charge is 2.33. The fraction of sp³-hybridized carbons (Fsp3) is 0.160. The lowest BCUT2D eigenvalue weighted by Crippen LogP contribution is -2.30. The van der Waals surface area contributed by atoms with Gasteiger partial charge in [-0.05, 0) is 60.6 Å². The van der Waals surface area contributed by atoms with Gasteiger partial charge < -0.3 is 14.3 Å². The lowest BCUT2D eigenvalue weighted by atomic mass is 10.1. The van der Waals surface area contributed by atoms with Gasteiger partial charge in [0.25, 0.3) is 5.91 Å². The van der Waals surface area contributed by atoms with E-state index >= 15 is 0 Å². The van der Waals surface area contributed by atoms with Crippen LogP contribution in [-0.4, -0.2) is 28.5 Å². The number of amides is 1. The highest BCUT2D eigenvalue weighted by molar-refractivity contribution is 8.18. The molecule has 4 rings (SSSR count). The number of nitrogens with zero attached hydrogens (tertiary/aromatic N) is 2. The van der Waals surface area contributed by atoms with Gasteiger partial charge in [0.15, 0.2) is 5.17 Å². The van der Waals surface area contributed by atoms with E-state index in [2.05, 4.69) is 11.9 Å². The van der Waals surface area contributed by atoms with Crippen LogP contribution in [0.2, 0.25) is 5.02 Å². The predicted octanol–water partition coefficient (Wildman–Crippen LogP) is 5.37. The van der Waals surface area contributed by atoms with Crippen molar-refractivity contribution < 1.29 is 19.1 Å². The zero-order valence-electron chi connectivity index (χ0n) is 17.8. The van der Waals surface area contributed by atoms with Crippen LogP contribution in [0.1, 0.15) is 35.9 Å². The lowest BCUT2D eigenvalue weighted by Gasteiger charge is -2.14. The number of carboxylic acid groups (broad SMARTS) is 1. The molecule has 0 N–H and O–H groups in total. The second-order valence-corrected chi connectivity index (χ2v) is 8.75. The summed E-state index contributed by atoms with van der Waals surface area (Å²) in [4.78, 5) is 31.2. The maximum atomic E-state index is 13.1. The number of thioether (sulfide) groups is 1. The van der Waals surface area contributed by atoms with Crippen LogP contribution >= 0.6 is 23.4 Å². The average Bonchev–Trinajstić information content (AvgIpc) is 3.38. The predicted molar refractivity (Wildman–Crippen MR) is 129 cm³/mol. The number of halogens is 1. The third-order valence-electron chi connectivity index (χ3n) is 4.98. The van der Waals surface area contributed by atoms with Crippen molar-refractivity contribution in [3.8, 4) is 11.3 Å². The molecule has 6 nitrogen and oxygen atoms in total. The molecule has 0 atom stereocenters. The normalized spacial score (nSPS) is 16.2. The molecule has 33 heavy (non-hydrogen) atoms. The average molecular weight is 480 g/mol. The van der Waals surface area contributed by atoms with E-state index in [4.69, 9.17) is 16.0 Å². The molecule has 1 fully saturated rings. The molecule has 1 saturated heterocycles. The van der Waals surface area contributed by atoms with Gasteiger partial charge in [-0.15, -0.1) is 0 Å². The molecule has 8 heteroatoms. The van der Waals surface area contributed by atoms with Gasteiger partial charge in [0.05, 0.1) is 16.6 Å². The highest BCUT2D eigenvalue weighted by Crippen LogP contribution is 2.35. The standard InChI is InChI=1S/C25H21ClN2O4S/c1-2-3-13-28-23(29)22(33-25(28)27-17-7-5-4-6-8-17)15-18-10-12-21(32-18)16-9-11-20(26)19(14-16)24(30)31/h4-12,14-15H,2-3,13H2,1H3,(H,30,31)/p-1/b22-15+,27-25?. The third kappa shape index (κ3) is 5.21. The van der Waals surface area contributed by atoms with Gasteiger partial charge in [-0.2, -0.15) is 0 Å². The number of benzene rings is 2. The number of aliphatic imine (C=N–C) groups is 1. The van der Waals surface area contributed by atoms with Gasteiger partial charge in [-0.1, -0.05) is 43.1 Å². The van der Waals surface area contributed by atoms with Gasteiger partial charge in [0.1, 0.15) is 11.5 Å². The SMILES string of the molecule is CCCCN1C(=O)/C(=C\c2ccc(-c3ccc(Cl)c(C(=O)[O-])c3)o2)SC1=Nc1ccccc1. The van der Waals surface area contributed by atoms with Crippen LogP contribution in [0, 0.1) is 0 Å². The van der Waals surface area contributed by atoms with Crippen molar-refractivity contribution in [3.05, 3.63) is 81.9 Å². The minimum absolute atomic E-state index is 0.0954. The Bertz CT molecular complexity index is 1250. The van der Waals surface area contributed by atoms with E-state index < -0.39 is 5.97 Å². The molecule has 0 aliphatic carbocycles. The molecule has 0 bridgehead atoms. The Morgan fingerprint density at radius 1 is 1.18 bits per heavy atom. The Kier molecular flexibility index (Phi) is 7.01. The first kappa shape index (κ1) is 22.9. The van der Waals surface area contributed by atoms with Crippen molar-refractivity contribution in [1.29, 1.82) is 0 Å². The van der Waals surface area contributed by atoms with Gasteiger partial charge >= 0.3 is 0 Å². The zero-order chi connectivity index (χ0) is 23.4. The van der Waals surface area contributed by atoms with Gasteiger partial charge in [-0.25, -0.2) is 4.99 Å². The minimum atomic E-state index is -1.36. The largest absolute Gasteiger partial charge is 0.545 e. The van der Waals surface area contributed by atoms with E-state index in [0.717, 1.165) is 18.5 Å². The Hall–Kier alpha value is -3.29. The number of amidine groups is 1. The second-order valence-electron chi connectivity index (χ2n) is 7.34. The summed E-state index contributed by atoms with van der Waals surface area (Å²) in [5.74, 6) is -0.549. The quantitative estimate of drug-likeness (QED) is 0.425. The number of carbonyl (C=O) groups excluding carboxylic acids is 2. The number of hydrogen-bond acceptors (Lipinski definition) is 6. The summed E-state index contributed by atoms with van der Waals surface area (Å²) in [5, 5.41) is 12.0. The van der Waals surface area contributed by atoms with Crippen LogP contribution in [0.15, 0.2) is 75.0 Å². The third-order valence-corrected chi connectivity index (χ3v) is 6.31. The summed E-state index contributed by atoms with van der Waals surface area (Å²) >= 11 is 7.22. The molecule has 0 unspecified atom stereocenters. The zero-order valence-corrected chi connectivity index (χ0v) is 19.4. The summed E-state index contributed by atoms with van der Waals surface area (Å²) in [5.41, 5.74) is 1.21. The maximum absolute atomic E-state index is 13.1. The van der Waals surface area contributed by atoms with E-state index in [1.807, 2.05) is 30.3 Å². The molecule has 2 heterocycles. The molecule has 1 amide bonds. The number of para-hydroxylation sites is 1. The minimum Gasteiger partial charge on any atom is -0.545 e. The topological polar surface area (TPSA) is 85.9 Å².